The van der Waals surface area contributed by atoms with E-state index in [1.807, 2.05) is 0 Å². The predicted octanol–water partition coefficient (Wildman–Crippen LogP) is 4.25. The Kier molecular flexibility index (Phi) is 5.10. The number of hydrogen-bond donors (Lipinski definition) is 0. The molecule has 2 aliphatic rings. The third-order valence-corrected chi connectivity index (χ3v) is 5.98. The van der Waals surface area contributed by atoms with Crippen LogP contribution in [0.15, 0.2) is 0 Å². The van der Waals surface area contributed by atoms with Crippen LogP contribution in [-0.4, -0.2) is 47.6 Å². The van der Waals surface area contributed by atoms with Crippen LogP contribution in [0, 0.1) is 17.3 Å². The predicted molar refractivity (Wildman–Crippen MR) is 92.6 cm³/mol. The number of hydrogen-bond acceptors (Lipinski definition) is 2. The largest absolute Gasteiger partial charge is 0.300 e. The molecule has 2 heterocycles. The van der Waals surface area contributed by atoms with Gasteiger partial charge in [0.25, 0.3) is 0 Å². The van der Waals surface area contributed by atoms with Crippen molar-refractivity contribution in [1.29, 1.82) is 0 Å². The van der Waals surface area contributed by atoms with E-state index in [0.29, 0.717) is 11.0 Å². The SMILES string of the molecule is CC1CN(C2CCN(C(C)(C)C)CC2)CCC1C(C)(C)C. The van der Waals surface area contributed by atoms with Crippen LogP contribution in [0.25, 0.3) is 0 Å². The molecule has 2 aliphatic heterocycles. The van der Waals surface area contributed by atoms with Gasteiger partial charge in [-0.15, -0.1) is 0 Å². The molecule has 0 radical (unpaired) electrons. The summed E-state index contributed by atoms with van der Waals surface area (Å²) in [5, 5.41) is 0. The summed E-state index contributed by atoms with van der Waals surface area (Å²) in [7, 11) is 0. The molecule has 0 bridgehead atoms. The summed E-state index contributed by atoms with van der Waals surface area (Å²) in [5.41, 5.74) is 0.818. The highest BCUT2D eigenvalue weighted by Gasteiger charge is 2.37. The van der Waals surface area contributed by atoms with Crippen molar-refractivity contribution in [3.05, 3.63) is 0 Å². The standard InChI is InChI=1S/C19H38N2/c1-15-14-20(11-10-17(15)18(2,3)4)16-8-12-21(13-9-16)19(5,6)7/h15-17H,8-14H2,1-7H3. The van der Waals surface area contributed by atoms with Crippen LogP contribution < -0.4 is 0 Å². The molecule has 0 aliphatic carbocycles. The summed E-state index contributed by atoms with van der Waals surface area (Å²) < 4.78 is 0. The Bertz CT molecular complexity index is 328. The minimum atomic E-state index is 0.345. The van der Waals surface area contributed by atoms with Crippen molar-refractivity contribution in [2.45, 2.75) is 79.3 Å². The van der Waals surface area contributed by atoms with Gasteiger partial charge in [-0.1, -0.05) is 27.7 Å². The molecule has 0 spiro atoms. The molecule has 2 atom stereocenters. The molecule has 2 fully saturated rings. The number of rotatable bonds is 1. The molecule has 2 unspecified atom stereocenters. The third-order valence-electron chi connectivity index (χ3n) is 5.98. The van der Waals surface area contributed by atoms with Crippen LogP contribution in [0.5, 0.6) is 0 Å². The van der Waals surface area contributed by atoms with Gasteiger partial charge in [-0.25, -0.2) is 0 Å². The molecule has 2 saturated heterocycles. The average Bonchev–Trinajstić information content (AvgIpc) is 2.36. The maximum atomic E-state index is 2.81. The Balaban J connectivity index is 1.86. The monoisotopic (exact) mass is 294 g/mol. The summed E-state index contributed by atoms with van der Waals surface area (Å²) in [6, 6.07) is 0.840. The normalized spacial score (nSPS) is 31.6. The van der Waals surface area contributed by atoms with Crippen LogP contribution in [0.4, 0.5) is 0 Å². The van der Waals surface area contributed by atoms with Gasteiger partial charge in [-0.2, -0.15) is 0 Å². The molecule has 0 aromatic carbocycles. The number of nitrogens with zero attached hydrogens (tertiary/aromatic N) is 2. The Morgan fingerprint density at radius 1 is 0.810 bits per heavy atom. The van der Waals surface area contributed by atoms with Gasteiger partial charge in [-0.3, -0.25) is 4.90 Å². The van der Waals surface area contributed by atoms with Crippen molar-refractivity contribution in [2.75, 3.05) is 26.2 Å². The minimum Gasteiger partial charge on any atom is -0.300 e. The molecule has 0 aromatic rings. The van der Waals surface area contributed by atoms with E-state index in [9.17, 15) is 0 Å². The summed E-state index contributed by atoms with van der Waals surface area (Å²) in [4.78, 5) is 5.47. The second-order valence-corrected chi connectivity index (χ2v) is 9.62. The summed E-state index contributed by atoms with van der Waals surface area (Å²) in [5.74, 6) is 1.74. The minimum absolute atomic E-state index is 0.345. The Morgan fingerprint density at radius 2 is 1.38 bits per heavy atom. The molecular weight excluding hydrogens is 256 g/mol. The highest BCUT2D eigenvalue weighted by Crippen LogP contribution is 2.39. The average molecular weight is 295 g/mol. The van der Waals surface area contributed by atoms with Gasteiger partial charge in [0.1, 0.15) is 0 Å². The van der Waals surface area contributed by atoms with Crippen molar-refractivity contribution in [3.8, 4) is 0 Å². The summed E-state index contributed by atoms with van der Waals surface area (Å²) in [6.07, 6.45) is 4.12. The summed E-state index contributed by atoms with van der Waals surface area (Å²) in [6.45, 7) is 22.0. The van der Waals surface area contributed by atoms with E-state index in [1.54, 1.807) is 0 Å². The maximum Gasteiger partial charge on any atom is 0.0125 e. The zero-order chi connectivity index (χ0) is 15.8. The van der Waals surface area contributed by atoms with E-state index in [2.05, 4.69) is 58.3 Å². The quantitative estimate of drug-likeness (QED) is 0.713. The highest BCUT2D eigenvalue weighted by atomic mass is 15.2. The first-order chi connectivity index (χ1) is 9.59. The molecule has 0 N–H and O–H groups in total. The van der Waals surface area contributed by atoms with Crippen molar-refractivity contribution in [1.82, 2.24) is 9.80 Å². The topological polar surface area (TPSA) is 6.48 Å². The number of piperidine rings is 2. The van der Waals surface area contributed by atoms with Gasteiger partial charge < -0.3 is 4.90 Å². The zero-order valence-corrected chi connectivity index (χ0v) is 15.6. The van der Waals surface area contributed by atoms with Crippen molar-refractivity contribution in [3.63, 3.8) is 0 Å². The molecule has 21 heavy (non-hydrogen) atoms. The van der Waals surface area contributed by atoms with E-state index in [-0.39, 0.29) is 0 Å². The smallest absolute Gasteiger partial charge is 0.0125 e. The van der Waals surface area contributed by atoms with Gasteiger partial charge in [-0.05, 0) is 63.8 Å². The van der Waals surface area contributed by atoms with Crippen molar-refractivity contribution in [2.24, 2.45) is 17.3 Å². The van der Waals surface area contributed by atoms with E-state index >= 15 is 0 Å². The van der Waals surface area contributed by atoms with E-state index in [4.69, 9.17) is 0 Å². The lowest BCUT2D eigenvalue weighted by Crippen LogP contribution is -2.54. The Morgan fingerprint density at radius 3 is 1.81 bits per heavy atom. The lowest BCUT2D eigenvalue weighted by molar-refractivity contribution is 0.00413. The van der Waals surface area contributed by atoms with Crippen LogP contribution in [0.2, 0.25) is 0 Å². The third kappa shape index (κ3) is 4.22. The van der Waals surface area contributed by atoms with Gasteiger partial charge in [0, 0.05) is 31.2 Å². The first kappa shape index (κ1) is 17.3. The number of likely N-dealkylation sites (tertiary alicyclic amines) is 2. The molecule has 0 aromatic heterocycles. The molecule has 0 amide bonds. The Labute approximate surface area is 133 Å². The molecule has 124 valence electrons. The fraction of sp³-hybridized carbons (Fsp3) is 1.00. The van der Waals surface area contributed by atoms with Crippen LogP contribution in [0.3, 0.4) is 0 Å². The van der Waals surface area contributed by atoms with Crippen molar-refractivity contribution < 1.29 is 0 Å². The van der Waals surface area contributed by atoms with Crippen LogP contribution >= 0.6 is 0 Å². The molecule has 2 nitrogen and oxygen atoms in total. The first-order valence-corrected chi connectivity index (χ1v) is 9.08. The van der Waals surface area contributed by atoms with Gasteiger partial charge in [0.2, 0.25) is 0 Å². The van der Waals surface area contributed by atoms with Crippen LogP contribution in [0.1, 0.15) is 67.7 Å². The maximum absolute atomic E-state index is 2.81. The lowest BCUT2D eigenvalue weighted by atomic mass is 9.70. The van der Waals surface area contributed by atoms with E-state index in [0.717, 1.165) is 17.9 Å². The second kappa shape index (κ2) is 6.20. The molecular formula is C19H38N2. The lowest BCUT2D eigenvalue weighted by Gasteiger charge is -2.49. The summed E-state index contributed by atoms with van der Waals surface area (Å²) >= 11 is 0. The van der Waals surface area contributed by atoms with Gasteiger partial charge in [0.15, 0.2) is 0 Å². The molecule has 0 saturated carbocycles. The molecule has 2 rings (SSSR count). The first-order valence-electron chi connectivity index (χ1n) is 9.08. The zero-order valence-electron chi connectivity index (χ0n) is 15.6. The van der Waals surface area contributed by atoms with Crippen molar-refractivity contribution >= 4 is 0 Å². The fourth-order valence-corrected chi connectivity index (χ4v) is 4.70. The molecule has 2 heteroatoms. The van der Waals surface area contributed by atoms with Gasteiger partial charge >= 0.3 is 0 Å². The van der Waals surface area contributed by atoms with E-state index in [1.165, 1.54) is 45.4 Å². The Hall–Kier alpha value is -0.0800. The highest BCUT2D eigenvalue weighted by molar-refractivity contribution is 4.91. The van der Waals surface area contributed by atoms with E-state index < -0.39 is 0 Å². The van der Waals surface area contributed by atoms with Crippen LogP contribution in [-0.2, 0) is 0 Å². The van der Waals surface area contributed by atoms with Gasteiger partial charge in [0.05, 0.1) is 0 Å². The second-order valence-electron chi connectivity index (χ2n) is 9.62. The fourth-order valence-electron chi connectivity index (χ4n) is 4.70.